The summed E-state index contributed by atoms with van der Waals surface area (Å²) in [5.74, 6) is -0.322. The van der Waals surface area contributed by atoms with Gasteiger partial charge in [0.2, 0.25) is 0 Å². The van der Waals surface area contributed by atoms with E-state index in [0.717, 1.165) is 13.0 Å². The lowest BCUT2D eigenvalue weighted by Gasteiger charge is -2.47. The fourth-order valence-corrected chi connectivity index (χ4v) is 5.15. The minimum atomic E-state index is -3.78. The Morgan fingerprint density at radius 3 is 2.87 bits per heavy atom. The lowest BCUT2D eigenvalue weighted by molar-refractivity contribution is -0.155. The molecule has 2 N–H and O–H groups in total. The van der Waals surface area contributed by atoms with E-state index in [4.69, 9.17) is 0 Å². The number of hydrogen-bond acceptors (Lipinski definition) is 5. The van der Waals surface area contributed by atoms with Gasteiger partial charge in [-0.1, -0.05) is 0 Å². The third-order valence-electron chi connectivity index (χ3n) is 5.10. The highest BCUT2D eigenvalue weighted by Gasteiger charge is 2.53. The minimum Gasteiger partial charge on any atom is -0.481 e. The van der Waals surface area contributed by atoms with E-state index < -0.39 is 21.4 Å². The zero-order chi connectivity index (χ0) is 16.8. The number of aryl methyl sites for hydroxylation is 2. The average molecular weight is 342 g/mol. The quantitative estimate of drug-likeness (QED) is 0.798. The summed E-state index contributed by atoms with van der Waals surface area (Å²) in [4.78, 5) is 16.0. The Morgan fingerprint density at radius 2 is 2.26 bits per heavy atom. The molecule has 2 aliphatic rings. The number of fused-ring (bicyclic) bond motifs is 1. The Labute approximate surface area is 135 Å². The van der Waals surface area contributed by atoms with Crippen molar-refractivity contribution in [2.24, 2.45) is 12.5 Å². The smallest absolute Gasteiger partial charge is 0.312 e. The van der Waals surface area contributed by atoms with E-state index in [1.807, 2.05) is 0 Å². The van der Waals surface area contributed by atoms with Crippen LogP contribution in [0.25, 0.3) is 0 Å². The van der Waals surface area contributed by atoms with E-state index in [9.17, 15) is 18.3 Å². The molecule has 9 heteroatoms. The van der Waals surface area contributed by atoms with E-state index in [2.05, 4.69) is 10.3 Å². The van der Waals surface area contributed by atoms with Crippen molar-refractivity contribution < 1.29 is 18.3 Å². The Hall–Kier alpha value is -1.45. The summed E-state index contributed by atoms with van der Waals surface area (Å²) in [6.45, 7) is 2.82. The first kappa shape index (κ1) is 16.4. The van der Waals surface area contributed by atoms with Crippen molar-refractivity contribution in [1.29, 1.82) is 0 Å². The standard InChI is InChI=1S/C14H22N4O4S/c1-10-16-12(8-17(10)2)23(21,22)18-7-4-11-14(9-18,13(19)20)5-3-6-15-11/h8,11,15H,3-7,9H2,1-2H3,(H,19,20)/t11-,14+/m0/s1. The third-order valence-corrected chi connectivity index (χ3v) is 6.82. The van der Waals surface area contributed by atoms with Crippen molar-refractivity contribution in [3.05, 3.63) is 12.0 Å². The van der Waals surface area contributed by atoms with Gasteiger partial charge in [0.15, 0.2) is 5.03 Å². The summed E-state index contributed by atoms with van der Waals surface area (Å²) < 4.78 is 28.6. The normalized spacial score (nSPS) is 29.2. The number of nitrogens with zero attached hydrogens (tertiary/aromatic N) is 3. The number of aliphatic carboxylic acids is 1. The zero-order valence-electron chi connectivity index (χ0n) is 13.3. The van der Waals surface area contributed by atoms with Gasteiger partial charge in [0.1, 0.15) is 5.82 Å². The van der Waals surface area contributed by atoms with Crippen LogP contribution in [0.4, 0.5) is 0 Å². The first-order valence-corrected chi connectivity index (χ1v) is 9.18. The maximum absolute atomic E-state index is 12.8. The lowest BCUT2D eigenvalue weighted by atomic mass is 9.71. The molecule has 0 aromatic carbocycles. The molecule has 8 nitrogen and oxygen atoms in total. The SMILES string of the molecule is Cc1nc(S(=O)(=O)N2CC[C@@H]3NCCC[C@@]3(C(=O)O)C2)cn1C. The predicted octanol–water partition coefficient (Wildman–Crippen LogP) is -0.0541. The molecule has 0 spiro atoms. The molecule has 1 aromatic heterocycles. The fraction of sp³-hybridized carbons (Fsp3) is 0.714. The first-order valence-electron chi connectivity index (χ1n) is 7.74. The second-order valence-electron chi connectivity index (χ2n) is 6.44. The summed E-state index contributed by atoms with van der Waals surface area (Å²) >= 11 is 0. The molecular formula is C14H22N4O4S. The van der Waals surface area contributed by atoms with Crippen LogP contribution < -0.4 is 5.32 Å². The van der Waals surface area contributed by atoms with Crippen molar-refractivity contribution in [3.8, 4) is 0 Å². The van der Waals surface area contributed by atoms with Gasteiger partial charge in [0.25, 0.3) is 10.0 Å². The Bertz CT molecular complexity index is 710. The molecule has 2 fully saturated rings. The van der Waals surface area contributed by atoms with Gasteiger partial charge >= 0.3 is 5.97 Å². The van der Waals surface area contributed by atoms with Gasteiger partial charge in [-0.2, -0.15) is 4.31 Å². The summed E-state index contributed by atoms with van der Waals surface area (Å²) in [6.07, 6.45) is 3.20. The van der Waals surface area contributed by atoms with E-state index >= 15 is 0 Å². The second-order valence-corrected chi connectivity index (χ2v) is 8.32. The highest BCUT2D eigenvalue weighted by molar-refractivity contribution is 7.89. The molecule has 3 heterocycles. The topological polar surface area (TPSA) is 105 Å². The molecule has 128 valence electrons. The Kier molecular flexibility index (Phi) is 3.97. The van der Waals surface area contributed by atoms with Crippen molar-refractivity contribution in [2.45, 2.75) is 37.3 Å². The molecule has 0 amide bonds. The molecule has 0 bridgehead atoms. The van der Waals surface area contributed by atoms with Crippen LogP contribution in [-0.4, -0.2) is 59.0 Å². The van der Waals surface area contributed by atoms with Gasteiger partial charge in [-0.05, 0) is 32.7 Å². The van der Waals surface area contributed by atoms with Crippen LogP contribution in [0.5, 0.6) is 0 Å². The number of piperidine rings is 2. The largest absolute Gasteiger partial charge is 0.481 e. The van der Waals surface area contributed by atoms with Gasteiger partial charge in [0, 0.05) is 32.4 Å². The van der Waals surface area contributed by atoms with Crippen molar-refractivity contribution >= 4 is 16.0 Å². The number of hydrogen-bond donors (Lipinski definition) is 2. The van der Waals surface area contributed by atoms with Crippen LogP contribution in [0.2, 0.25) is 0 Å². The fourth-order valence-electron chi connectivity index (χ4n) is 3.60. The molecule has 0 unspecified atom stereocenters. The highest BCUT2D eigenvalue weighted by atomic mass is 32.2. The van der Waals surface area contributed by atoms with Crippen LogP contribution in [0, 0.1) is 12.3 Å². The predicted molar refractivity (Wildman–Crippen MR) is 82.4 cm³/mol. The first-order chi connectivity index (χ1) is 10.8. The number of sulfonamides is 1. The summed E-state index contributed by atoms with van der Waals surface area (Å²) in [6, 6.07) is -0.175. The summed E-state index contributed by atoms with van der Waals surface area (Å²) in [5.41, 5.74) is -1.05. The minimum absolute atomic E-state index is 0.00203. The molecule has 0 aliphatic carbocycles. The maximum Gasteiger partial charge on any atom is 0.312 e. The maximum atomic E-state index is 12.8. The van der Waals surface area contributed by atoms with Crippen molar-refractivity contribution in [3.63, 3.8) is 0 Å². The van der Waals surface area contributed by atoms with Crippen LogP contribution in [0.1, 0.15) is 25.1 Å². The van der Waals surface area contributed by atoms with Gasteiger partial charge in [-0.3, -0.25) is 4.79 Å². The molecule has 0 saturated carbocycles. The van der Waals surface area contributed by atoms with E-state index in [1.165, 1.54) is 10.5 Å². The van der Waals surface area contributed by atoms with Gasteiger partial charge < -0.3 is 15.0 Å². The van der Waals surface area contributed by atoms with Gasteiger partial charge in [-0.25, -0.2) is 13.4 Å². The number of rotatable bonds is 3. The van der Waals surface area contributed by atoms with E-state index in [-0.39, 0.29) is 17.6 Å². The molecule has 2 aliphatic heterocycles. The monoisotopic (exact) mass is 342 g/mol. The summed E-state index contributed by atoms with van der Waals surface area (Å²) in [7, 11) is -2.04. The molecule has 2 atom stereocenters. The molecule has 1 aromatic rings. The number of imidazole rings is 1. The van der Waals surface area contributed by atoms with Crippen molar-refractivity contribution in [1.82, 2.24) is 19.2 Å². The second kappa shape index (κ2) is 5.57. The zero-order valence-corrected chi connectivity index (χ0v) is 14.1. The lowest BCUT2D eigenvalue weighted by Crippen LogP contribution is -2.63. The van der Waals surface area contributed by atoms with E-state index in [0.29, 0.717) is 25.2 Å². The molecular weight excluding hydrogens is 320 g/mol. The van der Waals surface area contributed by atoms with Crippen LogP contribution >= 0.6 is 0 Å². The highest BCUT2D eigenvalue weighted by Crippen LogP contribution is 2.39. The van der Waals surface area contributed by atoms with Gasteiger partial charge in [0.05, 0.1) is 5.41 Å². The number of carbonyl (C=O) groups is 1. The van der Waals surface area contributed by atoms with Crippen molar-refractivity contribution in [2.75, 3.05) is 19.6 Å². The molecule has 0 radical (unpaired) electrons. The Morgan fingerprint density at radius 1 is 1.52 bits per heavy atom. The van der Waals surface area contributed by atoms with Crippen LogP contribution in [0.15, 0.2) is 11.2 Å². The van der Waals surface area contributed by atoms with Gasteiger partial charge in [-0.15, -0.1) is 0 Å². The van der Waals surface area contributed by atoms with Crippen LogP contribution in [-0.2, 0) is 21.9 Å². The molecule has 23 heavy (non-hydrogen) atoms. The van der Waals surface area contributed by atoms with Crippen LogP contribution in [0.3, 0.4) is 0 Å². The third kappa shape index (κ3) is 2.56. The number of carboxylic acids is 1. The van der Waals surface area contributed by atoms with E-state index in [1.54, 1.807) is 18.5 Å². The molecule has 3 rings (SSSR count). The summed E-state index contributed by atoms with van der Waals surface area (Å²) in [5, 5.41) is 13.0. The molecule has 2 saturated heterocycles. The Balaban J connectivity index is 1.93. The number of nitrogens with one attached hydrogen (secondary N) is 1. The number of aromatic nitrogens is 2. The average Bonchev–Trinajstić information content (AvgIpc) is 2.86. The number of carboxylic acid groups (broad SMARTS) is 1.